The molecule has 1 aromatic carbocycles. The molecule has 1 unspecified atom stereocenters. The molecule has 0 amide bonds. The van der Waals surface area contributed by atoms with Crippen molar-refractivity contribution in [2.24, 2.45) is 10.7 Å². The van der Waals surface area contributed by atoms with Crippen molar-refractivity contribution in [3.8, 4) is 0 Å². The summed E-state index contributed by atoms with van der Waals surface area (Å²) in [4.78, 5) is 6.52. The van der Waals surface area contributed by atoms with E-state index in [9.17, 15) is 0 Å². The molecular weight excluding hydrogens is 257 g/mol. The molecule has 5 heteroatoms. The van der Waals surface area contributed by atoms with Gasteiger partial charge in [-0.2, -0.15) is 0 Å². The number of rotatable bonds is 2. The van der Waals surface area contributed by atoms with Gasteiger partial charge in [0.2, 0.25) is 0 Å². The van der Waals surface area contributed by atoms with Gasteiger partial charge in [0.1, 0.15) is 0 Å². The van der Waals surface area contributed by atoms with E-state index in [1.807, 2.05) is 12.1 Å². The van der Waals surface area contributed by atoms with Crippen molar-refractivity contribution in [2.75, 3.05) is 6.54 Å². The highest BCUT2D eigenvalue weighted by Gasteiger charge is 2.39. The Morgan fingerprint density at radius 3 is 2.71 bits per heavy atom. The van der Waals surface area contributed by atoms with Crippen LogP contribution in [-0.2, 0) is 0 Å². The minimum atomic E-state index is 0.173. The molecule has 0 radical (unpaired) electrons. The smallest absolute Gasteiger partial charge is 0.192 e. The van der Waals surface area contributed by atoms with Gasteiger partial charge in [-0.25, -0.2) is 0 Å². The van der Waals surface area contributed by atoms with E-state index in [1.54, 1.807) is 6.07 Å². The van der Waals surface area contributed by atoms with E-state index < -0.39 is 0 Å². The molecular formula is C12H13Cl2N3. The summed E-state index contributed by atoms with van der Waals surface area (Å²) in [5.74, 6) is 0.642. The molecule has 1 aliphatic heterocycles. The van der Waals surface area contributed by atoms with Gasteiger partial charge in [0.15, 0.2) is 5.96 Å². The Bertz CT molecular complexity index is 483. The molecule has 3 nitrogen and oxygen atoms in total. The van der Waals surface area contributed by atoms with E-state index in [2.05, 4.69) is 9.89 Å². The van der Waals surface area contributed by atoms with Crippen molar-refractivity contribution in [3.63, 3.8) is 0 Å². The topological polar surface area (TPSA) is 41.6 Å². The lowest BCUT2D eigenvalue weighted by Gasteiger charge is -2.27. The monoisotopic (exact) mass is 269 g/mol. The Morgan fingerprint density at radius 1 is 1.29 bits per heavy atom. The minimum absolute atomic E-state index is 0.173. The van der Waals surface area contributed by atoms with Gasteiger partial charge in [-0.1, -0.05) is 29.3 Å². The van der Waals surface area contributed by atoms with Crippen LogP contribution in [0.2, 0.25) is 10.0 Å². The van der Waals surface area contributed by atoms with Gasteiger partial charge in [0.05, 0.1) is 12.6 Å². The number of benzene rings is 1. The maximum Gasteiger partial charge on any atom is 0.192 e. The molecule has 0 bridgehead atoms. The van der Waals surface area contributed by atoms with Gasteiger partial charge in [0, 0.05) is 16.1 Å². The van der Waals surface area contributed by atoms with Crippen LogP contribution in [0.5, 0.6) is 0 Å². The summed E-state index contributed by atoms with van der Waals surface area (Å²) < 4.78 is 0. The van der Waals surface area contributed by atoms with Crippen LogP contribution in [0.1, 0.15) is 24.4 Å². The molecule has 1 heterocycles. The fourth-order valence-electron chi connectivity index (χ4n) is 2.32. The number of nitrogens with zero attached hydrogens (tertiary/aromatic N) is 2. The number of halogens is 2. The van der Waals surface area contributed by atoms with Gasteiger partial charge < -0.3 is 10.6 Å². The zero-order chi connectivity index (χ0) is 12.0. The van der Waals surface area contributed by atoms with Crippen molar-refractivity contribution < 1.29 is 0 Å². The second-order valence-corrected chi connectivity index (χ2v) is 5.36. The lowest BCUT2D eigenvalue weighted by atomic mass is 10.1. The lowest BCUT2D eigenvalue weighted by molar-refractivity contribution is 0.338. The molecule has 1 saturated carbocycles. The molecule has 0 saturated heterocycles. The first-order valence-corrected chi connectivity index (χ1v) is 6.45. The lowest BCUT2D eigenvalue weighted by Crippen LogP contribution is -2.37. The van der Waals surface area contributed by atoms with Crippen LogP contribution in [0.4, 0.5) is 0 Å². The molecule has 17 heavy (non-hydrogen) atoms. The van der Waals surface area contributed by atoms with Gasteiger partial charge in [-0.3, -0.25) is 4.99 Å². The quantitative estimate of drug-likeness (QED) is 0.897. The predicted molar refractivity (Wildman–Crippen MR) is 70.6 cm³/mol. The van der Waals surface area contributed by atoms with Crippen molar-refractivity contribution >= 4 is 29.2 Å². The zero-order valence-electron chi connectivity index (χ0n) is 9.24. The summed E-state index contributed by atoms with van der Waals surface area (Å²) >= 11 is 12.2. The van der Waals surface area contributed by atoms with Crippen LogP contribution >= 0.6 is 23.2 Å². The van der Waals surface area contributed by atoms with Crippen LogP contribution in [0, 0.1) is 0 Å². The van der Waals surface area contributed by atoms with E-state index in [-0.39, 0.29) is 6.04 Å². The summed E-state index contributed by atoms with van der Waals surface area (Å²) in [6.07, 6.45) is 2.38. The minimum Gasteiger partial charge on any atom is -0.370 e. The number of hydrogen-bond acceptors (Lipinski definition) is 3. The van der Waals surface area contributed by atoms with Gasteiger partial charge >= 0.3 is 0 Å². The standard InChI is InChI=1S/C12H13Cl2N3/c13-7-1-4-9(10(14)5-7)11-6-16-12(15)17(11)8-2-3-8/h1,4-5,8,11H,2-3,6H2,(H2,15,16). The highest BCUT2D eigenvalue weighted by Crippen LogP contribution is 2.39. The molecule has 1 atom stereocenters. The highest BCUT2D eigenvalue weighted by molar-refractivity contribution is 6.35. The van der Waals surface area contributed by atoms with E-state index >= 15 is 0 Å². The van der Waals surface area contributed by atoms with E-state index in [1.165, 1.54) is 12.8 Å². The van der Waals surface area contributed by atoms with Crippen LogP contribution in [-0.4, -0.2) is 23.4 Å². The average molecular weight is 270 g/mol. The SMILES string of the molecule is NC1=NCC(c2ccc(Cl)cc2Cl)N1C1CC1. The molecule has 2 N–H and O–H groups in total. The van der Waals surface area contributed by atoms with Gasteiger partial charge in [-0.15, -0.1) is 0 Å². The Kier molecular flexibility index (Phi) is 2.68. The van der Waals surface area contributed by atoms with E-state index in [0.29, 0.717) is 28.6 Å². The first-order valence-electron chi connectivity index (χ1n) is 5.70. The molecule has 0 spiro atoms. The Balaban J connectivity index is 1.93. The van der Waals surface area contributed by atoms with Crippen molar-refractivity contribution in [3.05, 3.63) is 33.8 Å². The third-order valence-corrected chi connectivity index (χ3v) is 3.85. The maximum absolute atomic E-state index is 6.24. The largest absolute Gasteiger partial charge is 0.370 e. The van der Waals surface area contributed by atoms with E-state index in [0.717, 1.165) is 5.56 Å². The molecule has 1 aliphatic carbocycles. The zero-order valence-corrected chi connectivity index (χ0v) is 10.7. The Hall–Kier alpha value is -0.930. The summed E-state index contributed by atoms with van der Waals surface area (Å²) in [6, 6.07) is 6.32. The second-order valence-electron chi connectivity index (χ2n) is 4.52. The van der Waals surface area contributed by atoms with Gasteiger partial charge in [-0.05, 0) is 30.5 Å². The van der Waals surface area contributed by atoms with Crippen LogP contribution in [0.15, 0.2) is 23.2 Å². The first-order chi connectivity index (χ1) is 8.16. The number of hydrogen-bond donors (Lipinski definition) is 1. The summed E-state index contributed by atoms with van der Waals surface area (Å²) in [5, 5.41) is 1.35. The second kappa shape index (κ2) is 4.07. The molecule has 1 fully saturated rings. The highest BCUT2D eigenvalue weighted by atomic mass is 35.5. The Labute approximate surface area is 110 Å². The average Bonchev–Trinajstić information content (AvgIpc) is 3.03. The number of guanidine groups is 1. The summed E-state index contributed by atoms with van der Waals surface area (Å²) in [7, 11) is 0. The van der Waals surface area contributed by atoms with Crippen LogP contribution < -0.4 is 5.73 Å². The third kappa shape index (κ3) is 1.98. The number of nitrogens with two attached hydrogens (primary N) is 1. The summed E-state index contributed by atoms with van der Waals surface area (Å²) in [6.45, 7) is 0.684. The van der Waals surface area contributed by atoms with Crippen molar-refractivity contribution in [1.82, 2.24) is 4.90 Å². The molecule has 1 aromatic rings. The maximum atomic E-state index is 6.24. The molecule has 90 valence electrons. The normalized spacial score (nSPS) is 24.0. The fraction of sp³-hybridized carbons (Fsp3) is 0.417. The molecule has 3 rings (SSSR count). The predicted octanol–water partition coefficient (Wildman–Crippen LogP) is 2.83. The van der Waals surface area contributed by atoms with Crippen LogP contribution in [0.3, 0.4) is 0 Å². The first kappa shape index (κ1) is 11.2. The Morgan fingerprint density at radius 2 is 2.06 bits per heavy atom. The van der Waals surface area contributed by atoms with Crippen molar-refractivity contribution in [1.29, 1.82) is 0 Å². The van der Waals surface area contributed by atoms with Crippen LogP contribution in [0.25, 0.3) is 0 Å². The fourth-order valence-corrected chi connectivity index (χ4v) is 2.86. The molecule has 0 aromatic heterocycles. The van der Waals surface area contributed by atoms with Crippen molar-refractivity contribution in [2.45, 2.75) is 24.9 Å². The molecule has 2 aliphatic rings. The number of aliphatic imine (C=N–C) groups is 1. The van der Waals surface area contributed by atoms with Gasteiger partial charge in [0.25, 0.3) is 0 Å². The summed E-state index contributed by atoms with van der Waals surface area (Å²) in [5.41, 5.74) is 7.00. The third-order valence-electron chi connectivity index (χ3n) is 3.29. The van der Waals surface area contributed by atoms with E-state index in [4.69, 9.17) is 28.9 Å².